The third-order valence-corrected chi connectivity index (χ3v) is 2.19. The van der Waals surface area contributed by atoms with Crippen molar-refractivity contribution in [3.05, 3.63) is 91.5 Å². The normalized spacial score (nSPS) is 8.45. The van der Waals surface area contributed by atoms with Crippen LogP contribution in [0.5, 0.6) is 5.75 Å². The molecule has 2 aromatic heterocycles. The quantitative estimate of drug-likeness (QED) is 0.612. The van der Waals surface area contributed by atoms with Crippen LogP contribution in [-0.4, -0.2) is 7.32 Å². The molecule has 0 spiro atoms. The van der Waals surface area contributed by atoms with E-state index in [0.29, 0.717) is 5.75 Å². The van der Waals surface area contributed by atoms with Crippen LogP contribution in [0.25, 0.3) is 0 Å². The lowest BCUT2D eigenvalue weighted by Gasteiger charge is -2.26. The van der Waals surface area contributed by atoms with E-state index in [1.807, 2.05) is 61.2 Å². The zero-order valence-corrected chi connectivity index (χ0v) is 12.0. The van der Waals surface area contributed by atoms with Crippen molar-refractivity contribution in [2.24, 2.45) is 0 Å². The van der Waals surface area contributed by atoms with Gasteiger partial charge in [-0.2, -0.15) is 0 Å². The molecule has 0 atom stereocenters. The zero-order chi connectivity index (χ0) is 15.9. The van der Waals surface area contributed by atoms with Crippen LogP contribution in [-0.2, 0) is 0 Å². The summed E-state index contributed by atoms with van der Waals surface area (Å²) in [4.78, 5) is 5.78. The van der Waals surface area contributed by atoms with E-state index in [2.05, 4.69) is 14.6 Å². The van der Waals surface area contributed by atoms with E-state index < -0.39 is 7.32 Å². The molecule has 0 aliphatic rings. The van der Waals surface area contributed by atoms with Crippen molar-refractivity contribution < 1.29 is 24.7 Å². The number of H-pyrrole nitrogens is 2. The van der Waals surface area contributed by atoms with Gasteiger partial charge in [0.05, 0.1) is 5.75 Å². The Morgan fingerprint density at radius 1 is 0.636 bits per heavy atom. The molecule has 0 unspecified atom stereocenters. The van der Waals surface area contributed by atoms with Crippen molar-refractivity contribution >= 4 is 7.32 Å². The second-order valence-electron chi connectivity index (χ2n) is 3.87. The van der Waals surface area contributed by atoms with Gasteiger partial charge < -0.3 is 14.7 Å². The molecule has 0 amide bonds. The lowest BCUT2D eigenvalue weighted by Crippen LogP contribution is -2.50. The van der Waals surface area contributed by atoms with Crippen LogP contribution in [0, 0.1) is 0 Å². The van der Waals surface area contributed by atoms with Gasteiger partial charge in [0.25, 0.3) is 0 Å². The van der Waals surface area contributed by atoms with Gasteiger partial charge >= 0.3 is 0 Å². The number of pyridine rings is 2. The minimum Gasteiger partial charge on any atom is -0.860 e. The summed E-state index contributed by atoms with van der Waals surface area (Å²) in [6.45, 7) is 0. The molecular formula is C16H17BN2O3. The molecule has 3 rings (SSSR count). The molecule has 3 aromatic rings. The Morgan fingerprint density at radius 2 is 1.05 bits per heavy atom. The number of hydrogen-bond acceptors (Lipinski definition) is 3. The molecule has 0 fully saturated rings. The Labute approximate surface area is 130 Å². The van der Waals surface area contributed by atoms with Crippen molar-refractivity contribution in [2.45, 2.75) is 0 Å². The van der Waals surface area contributed by atoms with Crippen LogP contribution in [0.4, 0.5) is 0 Å². The highest BCUT2D eigenvalue weighted by atomic mass is 16.6. The lowest BCUT2D eigenvalue weighted by atomic mass is 10.2. The second kappa shape index (κ2) is 12.1. The number of nitrogens with one attached hydrogen (secondary N) is 2. The summed E-state index contributed by atoms with van der Waals surface area (Å²) in [6.07, 6.45) is 7.50. The first-order chi connectivity index (χ1) is 10.8. The van der Waals surface area contributed by atoms with Crippen LogP contribution in [0.1, 0.15) is 0 Å². The maximum Gasteiger partial charge on any atom is 0.166 e. The fourth-order valence-electron chi connectivity index (χ4n) is 1.29. The third-order valence-electron chi connectivity index (χ3n) is 2.19. The Balaban J connectivity index is 0.000000174. The first-order valence-corrected chi connectivity index (χ1v) is 6.64. The van der Waals surface area contributed by atoms with Crippen LogP contribution >= 0.6 is 0 Å². The van der Waals surface area contributed by atoms with Crippen molar-refractivity contribution in [3.63, 3.8) is 0 Å². The largest absolute Gasteiger partial charge is 0.860 e. The maximum atomic E-state index is 9.92. The highest BCUT2D eigenvalue weighted by Crippen LogP contribution is 2.06. The molecule has 1 aromatic carbocycles. The van der Waals surface area contributed by atoms with Gasteiger partial charge in [0.2, 0.25) is 0 Å². The third kappa shape index (κ3) is 10.1. The van der Waals surface area contributed by atoms with Crippen molar-refractivity contribution in [1.82, 2.24) is 0 Å². The van der Waals surface area contributed by atoms with Crippen molar-refractivity contribution in [3.8, 4) is 5.75 Å². The smallest absolute Gasteiger partial charge is 0.166 e. The first-order valence-electron chi connectivity index (χ1n) is 6.64. The molecule has 0 radical (unpaired) electrons. The Bertz CT molecular complexity index is 484. The number of aromatic amines is 2. The van der Waals surface area contributed by atoms with Gasteiger partial charge in [-0.1, -0.05) is 30.3 Å². The first kappa shape index (κ1) is 17.4. The maximum absolute atomic E-state index is 9.92. The minimum atomic E-state index is -2.23. The Hall–Kier alpha value is -2.70. The summed E-state index contributed by atoms with van der Waals surface area (Å²) < 4.78 is 4.30. The predicted octanol–water partition coefficient (Wildman–Crippen LogP) is -0.228. The van der Waals surface area contributed by atoms with Gasteiger partial charge in [0.15, 0.2) is 24.8 Å². The summed E-state index contributed by atoms with van der Waals surface area (Å²) in [6, 6.07) is 20.0. The molecule has 0 saturated carbocycles. The molecule has 0 aliphatic heterocycles. The Kier molecular flexibility index (Phi) is 9.53. The van der Waals surface area contributed by atoms with Gasteiger partial charge in [-0.3, -0.25) is 0 Å². The molecule has 0 bridgehead atoms. The standard InChI is InChI=1S/C6H5BO3.2C5H5N/c8-7(9)10-6-4-2-1-3-5-6;2*1-2-4-6-5-3-1/h1-5H;2*1-5H/q-2;;/p+2. The summed E-state index contributed by atoms with van der Waals surface area (Å²) in [5.41, 5.74) is 0. The van der Waals surface area contributed by atoms with Gasteiger partial charge in [-0.25, -0.2) is 9.97 Å². The van der Waals surface area contributed by atoms with Crippen molar-refractivity contribution in [1.29, 1.82) is 0 Å². The van der Waals surface area contributed by atoms with Gasteiger partial charge in [-0.05, 0) is 12.1 Å². The molecule has 2 N–H and O–H groups in total. The van der Waals surface area contributed by atoms with E-state index in [0.717, 1.165) is 0 Å². The van der Waals surface area contributed by atoms with Crippen molar-refractivity contribution in [2.75, 3.05) is 0 Å². The van der Waals surface area contributed by atoms with Gasteiger partial charge in [0, 0.05) is 24.3 Å². The molecule has 0 saturated heterocycles. The monoisotopic (exact) mass is 296 g/mol. The summed E-state index contributed by atoms with van der Waals surface area (Å²) in [5, 5.41) is 19.8. The van der Waals surface area contributed by atoms with Gasteiger partial charge in [0.1, 0.15) is 7.32 Å². The van der Waals surface area contributed by atoms with E-state index in [1.54, 1.807) is 30.3 Å². The predicted molar refractivity (Wildman–Crippen MR) is 78.8 cm³/mol. The Morgan fingerprint density at radius 3 is 1.32 bits per heavy atom. The van der Waals surface area contributed by atoms with Gasteiger partial charge in [-0.15, -0.1) is 0 Å². The highest BCUT2D eigenvalue weighted by Gasteiger charge is 1.84. The summed E-state index contributed by atoms with van der Waals surface area (Å²) in [5.74, 6) is 0.317. The highest BCUT2D eigenvalue weighted by molar-refractivity contribution is 6.29. The number of benzene rings is 1. The number of para-hydroxylation sites is 1. The van der Waals surface area contributed by atoms with E-state index in [4.69, 9.17) is 0 Å². The minimum absolute atomic E-state index is 0.317. The van der Waals surface area contributed by atoms with Crippen LogP contribution in [0.15, 0.2) is 91.5 Å². The average molecular weight is 296 g/mol. The van der Waals surface area contributed by atoms with E-state index in [9.17, 15) is 10.0 Å². The molecule has 112 valence electrons. The molecule has 5 nitrogen and oxygen atoms in total. The summed E-state index contributed by atoms with van der Waals surface area (Å²) >= 11 is 0. The van der Waals surface area contributed by atoms with Crippen LogP contribution in [0.3, 0.4) is 0 Å². The fraction of sp³-hybridized carbons (Fsp3) is 0. The number of rotatable bonds is 2. The van der Waals surface area contributed by atoms with E-state index >= 15 is 0 Å². The van der Waals surface area contributed by atoms with E-state index in [1.165, 1.54) is 0 Å². The molecule has 2 heterocycles. The zero-order valence-electron chi connectivity index (χ0n) is 12.0. The molecule has 0 aliphatic carbocycles. The topological polar surface area (TPSA) is 83.6 Å². The SMILES string of the molecule is [O-]B([O-])Oc1ccccc1.c1cc[nH+]cc1.c1cc[nH+]cc1. The fourth-order valence-corrected chi connectivity index (χ4v) is 1.29. The average Bonchev–Trinajstić information content (AvgIpc) is 2.59. The second-order valence-corrected chi connectivity index (χ2v) is 3.87. The van der Waals surface area contributed by atoms with Crippen LogP contribution < -0.4 is 24.7 Å². The lowest BCUT2D eigenvalue weighted by molar-refractivity contribution is -0.378. The summed E-state index contributed by atoms with van der Waals surface area (Å²) in [7, 11) is -2.23. The molecule has 6 heteroatoms. The molecule has 22 heavy (non-hydrogen) atoms. The number of aromatic nitrogens is 2. The molecular weight excluding hydrogens is 279 g/mol. The van der Waals surface area contributed by atoms with E-state index in [-0.39, 0.29) is 0 Å². The van der Waals surface area contributed by atoms with Crippen LogP contribution in [0.2, 0.25) is 0 Å². The number of hydrogen-bond donors (Lipinski definition) is 0.